The fraction of sp³-hybridized carbons (Fsp3) is 0.364. The fourth-order valence-corrected chi connectivity index (χ4v) is 2.36. The second-order valence-corrected chi connectivity index (χ2v) is 4.13. The summed E-state index contributed by atoms with van der Waals surface area (Å²) in [7, 11) is 0. The van der Waals surface area contributed by atoms with Gasteiger partial charge in [0.2, 0.25) is 0 Å². The summed E-state index contributed by atoms with van der Waals surface area (Å²) in [4.78, 5) is 24.3. The van der Waals surface area contributed by atoms with Crippen LogP contribution in [0.5, 0.6) is 0 Å². The molecule has 0 aliphatic carbocycles. The fourth-order valence-electron chi connectivity index (χ4n) is 2.36. The van der Waals surface area contributed by atoms with E-state index in [1.807, 2.05) is 11.0 Å². The number of rotatable bonds is 2. The lowest BCUT2D eigenvalue weighted by Gasteiger charge is -2.22. The number of hydrogen-bond donors (Lipinski definition) is 2. The molecule has 1 saturated heterocycles. The highest BCUT2D eigenvalue weighted by molar-refractivity contribution is 5.90. The van der Waals surface area contributed by atoms with Gasteiger partial charge in [-0.05, 0) is 18.9 Å². The molecule has 0 spiro atoms. The zero-order valence-corrected chi connectivity index (χ0v) is 9.13. The van der Waals surface area contributed by atoms with Gasteiger partial charge in [-0.25, -0.2) is 14.8 Å². The number of aromatic nitrogens is 3. The number of aliphatic carboxylic acids is 1. The van der Waals surface area contributed by atoms with E-state index in [2.05, 4.69) is 15.0 Å². The molecule has 1 aliphatic rings. The molecule has 0 saturated carbocycles. The number of nitrogens with zero attached hydrogens (tertiary/aromatic N) is 3. The second-order valence-electron chi connectivity index (χ2n) is 4.13. The third-order valence-electron chi connectivity index (χ3n) is 3.14. The van der Waals surface area contributed by atoms with Crippen molar-refractivity contribution in [3.63, 3.8) is 0 Å². The first-order valence-corrected chi connectivity index (χ1v) is 5.55. The molecule has 88 valence electrons. The van der Waals surface area contributed by atoms with Gasteiger partial charge < -0.3 is 15.0 Å². The van der Waals surface area contributed by atoms with E-state index in [4.69, 9.17) is 0 Å². The van der Waals surface area contributed by atoms with E-state index < -0.39 is 12.0 Å². The Bertz CT molecular complexity index is 565. The minimum atomic E-state index is -0.787. The van der Waals surface area contributed by atoms with Crippen molar-refractivity contribution in [3.05, 3.63) is 18.6 Å². The number of anilines is 1. The molecule has 1 atom stereocenters. The number of nitrogens with one attached hydrogen (secondary N) is 1. The molecule has 6 heteroatoms. The molecular weight excluding hydrogens is 220 g/mol. The quantitative estimate of drug-likeness (QED) is 0.807. The molecule has 0 amide bonds. The predicted octanol–water partition coefficient (Wildman–Crippen LogP) is 1.01. The topological polar surface area (TPSA) is 82.1 Å². The maximum atomic E-state index is 11.2. The van der Waals surface area contributed by atoms with Crippen LogP contribution in [0.4, 0.5) is 5.82 Å². The standard InChI is InChI=1S/C11H12N4O2/c16-11(17)8-2-1-5-15(8)10-7-3-4-12-9(7)13-6-14-10/h3-4,6,8H,1-2,5H2,(H,16,17)(H,12,13,14). The number of fused-ring (bicyclic) bond motifs is 1. The Labute approximate surface area is 97.3 Å². The zero-order chi connectivity index (χ0) is 11.8. The summed E-state index contributed by atoms with van der Waals surface area (Å²) >= 11 is 0. The molecule has 1 fully saturated rings. The van der Waals surface area contributed by atoms with Gasteiger partial charge in [0.15, 0.2) is 0 Å². The number of hydrogen-bond acceptors (Lipinski definition) is 4. The summed E-state index contributed by atoms with van der Waals surface area (Å²) in [5.41, 5.74) is 0.742. The van der Waals surface area contributed by atoms with Crippen molar-refractivity contribution in [3.8, 4) is 0 Å². The van der Waals surface area contributed by atoms with Crippen LogP contribution in [0.2, 0.25) is 0 Å². The third kappa shape index (κ3) is 1.52. The van der Waals surface area contributed by atoms with Crippen molar-refractivity contribution in [2.24, 2.45) is 0 Å². The van der Waals surface area contributed by atoms with Crippen LogP contribution in [-0.4, -0.2) is 38.6 Å². The van der Waals surface area contributed by atoms with Crippen LogP contribution in [0.15, 0.2) is 18.6 Å². The Morgan fingerprint density at radius 2 is 2.41 bits per heavy atom. The van der Waals surface area contributed by atoms with Gasteiger partial charge in [0.1, 0.15) is 23.8 Å². The van der Waals surface area contributed by atoms with Crippen LogP contribution in [0.3, 0.4) is 0 Å². The van der Waals surface area contributed by atoms with Crippen LogP contribution in [0, 0.1) is 0 Å². The lowest BCUT2D eigenvalue weighted by Crippen LogP contribution is -2.36. The van der Waals surface area contributed by atoms with Gasteiger partial charge in [0.25, 0.3) is 0 Å². The van der Waals surface area contributed by atoms with Gasteiger partial charge in [-0.1, -0.05) is 0 Å². The maximum absolute atomic E-state index is 11.2. The number of carbonyl (C=O) groups is 1. The summed E-state index contributed by atoms with van der Waals surface area (Å²) in [6, 6.07) is 1.41. The van der Waals surface area contributed by atoms with E-state index in [0.717, 1.165) is 24.0 Å². The second kappa shape index (κ2) is 3.73. The smallest absolute Gasteiger partial charge is 0.326 e. The summed E-state index contributed by atoms with van der Waals surface area (Å²) in [6.45, 7) is 0.730. The van der Waals surface area contributed by atoms with E-state index in [9.17, 15) is 9.90 Å². The molecule has 17 heavy (non-hydrogen) atoms. The molecule has 2 N–H and O–H groups in total. The average Bonchev–Trinajstić information content (AvgIpc) is 2.97. The van der Waals surface area contributed by atoms with Crippen molar-refractivity contribution in [1.82, 2.24) is 15.0 Å². The summed E-state index contributed by atoms with van der Waals surface area (Å²) in [6.07, 6.45) is 4.80. The highest BCUT2D eigenvalue weighted by Gasteiger charge is 2.32. The Kier molecular flexibility index (Phi) is 2.21. The minimum absolute atomic E-state index is 0.469. The van der Waals surface area contributed by atoms with Crippen LogP contribution >= 0.6 is 0 Å². The van der Waals surface area contributed by atoms with Gasteiger partial charge in [0, 0.05) is 12.7 Å². The normalized spacial score (nSPS) is 20.0. The Balaban J connectivity index is 2.08. The number of H-pyrrole nitrogens is 1. The zero-order valence-electron chi connectivity index (χ0n) is 9.13. The third-order valence-corrected chi connectivity index (χ3v) is 3.14. The Morgan fingerprint density at radius 3 is 3.24 bits per heavy atom. The lowest BCUT2D eigenvalue weighted by atomic mass is 10.2. The molecule has 3 heterocycles. The van der Waals surface area contributed by atoms with E-state index in [0.29, 0.717) is 12.2 Å². The highest BCUT2D eigenvalue weighted by Crippen LogP contribution is 2.28. The van der Waals surface area contributed by atoms with E-state index in [-0.39, 0.29) is 0 Å². The largest absolute Gasteiger partial charge is 0.480 e. The summed E-state index contributed by atoms with van der Waals surface area (Å²) < 4.78 is 0. The molecule has 3 rings (SSSR count). The van der Waals surface area contributed by atoms with Gasteiger partial charge in [-0.15, -0.1) is 0 Å². The number of carboxylic acid groups (broad SMARTS) is 1. The monoisotopic (exact) mass is 232 g/mol. The molecule has 0 radical (unpaired) electrons. The molecule has 2 aromatic heterocycles. The number of carboxylic acids is 1. The molecule has 0 aromatic carbocycles. The van der Waals surface area contributed by atoms with Gasteiger partial charge in [-0.3, -0.25) is 0 Å². The predicted molar refractivity (Wildman–Crippen MR) is 61.9 cm³/mol. The van der Waals surface area contributed by atoms with Crippen molar-refractivity contribution in [2.45, 2.75) is 18.9 Å². The molecule has 1 unspecified atom stereocenters. The van der Waals surface area contributed by atoms with Gasteiger partial charge in [0.05, 0.1) is 5.39 Å². The van der Waals surface area contributed by atoms with Crippen molar-refractivity contribution < 1.29 is 9.90 Å². The lowest BCUT2D eigenvalue weighted by molar-refractivity contribution is -0.138. The average molecular weight is 232 g/mol. The van der Waals surface area contributed by atoms with Gasteiger partial charge in [-0.2, -0.15) is 0 Å². The minimum Gasteiger partial charge on any atom is -0.480 e. The Morgan fingerprint density at radius 1 is 1.53 bits per heavy atom. The molecule has 1 aliphatic heterocycles. The van der Waals surface area contributed by atoms with E-state index in [1.54, 1.807) is 6.20 Å². The van der Waals surface area contributed by atoms with Crippen molar-refractivity contribution in [2.75, 3.05) is 11.4 Å². The van der Waals surface area contributed by atoms with Crippen LogP contribution in [0.25, 0.3) is 11.0 Å². The van der Waals surface area contributed by atoms with Crippen LogP contribution < -0.4 is 4.90 Å². The molecule has 2 aromatic rings. The first kappa shape index (κ1) is 10.1. The first-order valence-electron chi connectivity index (χ1n) is 5.55. The Hall–Kier alpha value is -2.11. The summed E-state index contributed by atoms with van der Waals surface area (Å²) in [5.74, 6) is -0.0778. The maximum Gasteiger partial charge on any atom is 0.326 e. The van der Waals surface area contributed by atoms with E-state index >= 15 is 0 Å². The van der Waals surface area contributed by atoms with E-state index in [1.165, 1.54) is 6.33 Å². The molecule has 6 nitrogen and oxygen atoms in total. The van der Waals surface area contributed by atoms with Crippen LogP contribution in [0.1, 0.15) is 12.8 Å². The van der Waals surface area contributed by atoms with Gasteiger partial charge >= 0.3 is 5.97 Å². The molecular formula is C11H12N4O2. The molecule has 0 bridgehead atoms. The number of aromatic amines is 1. The summed E-state index contributed by atoms with van der Waals surface area (Å²) in [5, 5.41) is 10.1. The van der Waals surface area contributed by atoms with Crippen molar-refractivity contribution in [1.29, 1.82) is 0 Å². The van der Waals surface area contributed by atoms with Crippen molar-refractivity contribution >= 4 is 22.8 Å². The highest BCUT2D eigenvalue weighted by atomic mass is 16.4. The first-order chi connectivity index (χ1) is 8.27. The SMILES string of the molecule is O=C(O)C1CCCN1c1ncnc2[nH]ccc12. The van der Waals surface area contributed by atoms with Crippen LogP contribution in [-0.2, 0) is 4.79 Å².